The van der Waals surface area contributed by atoms with Crippen LogP contribution in [-0.4, -0.2) is 15.7 Å². The first-order valence-corrected chi connectivity index (χ1v) is 6.19. The van der Waals surface area contributed by atoms with Crippen LogP contribution in [-0.2, 0) is 0 Å². The van der Waals surface area contributed by atoms with Crippen LogP contribution in [0.3, 0.4) is 0 Å². The number of rotatable bonds is 4. The van der Waals surface area contributed by atoms with E-state index in [1.54, 1.807) is 0 Å². The van der Waals surface area contributed by atoms with E-state index < -0.39 is 0 Å². The van der Waals surface area contributed by atoms with Gasteiger partial charge < -0.3 is 0 Å². The molecule has 0 aliphatic heterocycles. The van der Waals surface area contributed by atoms with Gasteiger partial charge in [-0.25, -0.2) is 4.68 Å². The van der Waals surface area contributed by atoms with Crippen molar-refractivity contribution in [3.8, 4) is 5.69 Å². The minimum Gasteiger partial charge on any atom is -0.233 e. The Hall–Kier alpha value is -1.54. The zero-order valence-electron chi connectivity index (χ0n) is 9.81. The number of para-hydroxylation sites is 1. The number of allylic oxidation sites excluding steroid dienone is 2. The van der Waals surface area contributed by atoms with Gasteiger partial charge in [0.25, 0.3) is 0 Å². The van der Waals surface area contributed by atoms with Gasteiger partial charge in [-0.3, -0.25) is 0 Å². The molecule has 0 radical (unpaired) electrons. The van der Waals surface area contributed by atoms with Crippen molar-refractivity contribution in [2.75, 3.05) is 5.88 Å². The first-order chi connectivity index (χ1) is 8.33. The predicted octanol–water partition coefficient (Wildman–Crippen LogP) is 3.90. The van der Waals surface area contributed by atoms with E-state index >= 15 is 0 Å². The lowest BCUT2D eigenvalue weighted by Gasteiger charge is -2.07. The van der Waals surface area contributed by atoms with Crippen LogP contribution >= 0.6 is 11.6 Å². The SMILES string of the molecule is C/C(=C/CCCl)c1ccnn1-c1ccccc1. The van der Waals surface area contributed by atoms with E-state index in [0.717, 1.165) is 17.8 Å². The van der Waals surface area contributed by atoms with Gasteiger partial charge in [0.15, 0.2) is 0 Å². The Morgan fingerprint density at radius 3 is 2.76 bits per heavy atom. The standard InChI is InChI=1S/C14H15ClN2/c1-12(6-5-10-15)14-9-11-16-17(14)13-7-3-2-4-8-13/h2-4,6-9,11H,5,10H2,1H3/b12-6-. The van der Waals surface area contributed by atoms with E-state index in [9.17, 15) is 0 Å². The maximum absolute atomic E-state index is 5.70. The maximum atomic E-state index is 5.70. The van der Waals surface area contributed by atoms with E-state index in [-0.39, 0.29) is 0 Å². The zero-order valence-corrected chi connectivity index (χ0v) is 10.6. The summed E-state index contributed by atoms with van der Waals surface area (Å²) in [5.41, 5.74) is 3.39. The van der Waals surface area contributed by atoms with Gasteiger partial charge in [0, 0.05) is 5.88 Å². The fourth-order valence-electron chi connectivity index (χ4n) is 1.75. The molecule has 0 fully saturated rings. The van der Waals surface area contributed by atoms with Crippen LogP contribution in [0.5, 0.6) is 0 Å². The lowest BCUT2D eigenvalue weighted by atomic mass is 10.2. The van der Waals surface area contributed by atoms with Crippen molar-refractivity contribution in [3.63, 3.8) is 0 Å². The number of hydrogen-bond acceptors (Lipinski definition) is 1. The smallest absolute Gasteiger partial charge is 0.0694 e. The third kappa shape index (κ3) is 2.77. The van der Waals surface area contributed by atoms with Crippen LogP contribution in [0.1, 0.15) is 19.0 Å². The molecule has 0 amide bonds. The first-order valence-electron chi connectivity index (χ1n) is 5.65. The summed E-state index contributed by atoms with van der Waals surface area (Å²) in [6.07, 6.45) is 4.84. The van der Waals surface area contributed by atoms with E-state index in [1.165, 1.54) is 5.57 Å². The number of aromatic nitrogens is 2. The molecule has 2 rings (SSSR count). The number of hydrogen-bond donors (Lipinski definition) is 0. The highest BCUT2D eigenvalue weighted by Gasteiger charge is 2.05. The van der Waals surface area contributed by atoms with Gasteiger partial charge in [0.05, 0.1) is 17.6 Å². The quantitative estimate of drug-likeness (QED) is 0.748. The van der Waals surface area contributed by atoms with Crippen LogP contribution < -0.4 is 0 Å². The minimum absolute atomic E-state index is 0.650. The molecule has 17 heavy (non-hydrogen) atoms. The van der Waals surface area contributed by atoms with E-state index in [4.69, 9.17) is 11.6 Å². The molecule has 1 heterocycles. The summed E-state index contributed by atoms with van der Waals surface area (Å²) in [5.74, 6) is 0.650. The lowest BCUT2D eigenvalue weighted by Crippen LogP contribution is -2.00. The van der Waals surface area contributed by atoms with Crippen LogP contribution in [0, 0.1) is 0 Å². The molecule has 0 aliphatic rings. The summed E-state index contributed by atoms with van der Waals surface area (Å²) >= 11 is 5.70. The van der Waals surface area contributed by atoms with Crippen molar-refractivity contribution in [2.45, 2.75) is 13.3 Å². The van der Waals surface area contributed by atoms with Gasteiger partial charge in [-0.2, -0.15) is 5.10 Å². The van der Waals surface area contributed by atoms with Gasteiger partial charge in [0.1, 0.15) is 0 Å². The predicted molar refractivity (Wildman–Crippen MR) is 72.6 cm³/mol. The number of halogens is 1. The van der Waals surface area contributed by atoms with Crippen LogP contribution in [0.25, 0.3) is 11.3 Å². The van der Waals surface area contributed by atoms with Crippen molar-refractivity contribution in [1.82, 2.24) is 9.78 Å². The third-order valence-electron chi connectivity index (χ3n) is 2.61. The summed E-state index contributed by atoms with van der Waals surface area (Å²) in [6, 6.07) is 12.1. The second kappa shape index (κ2) is 5.69. The van der Waals surface area contributed by atoms with Crippen molar-refractivity contribution in [2.24, 2.45) is 0 Å². The van der Waals surface area contributed by atoms with Gasteiger partial charge in [-0.1, -0.05) is 24.3 Å². The topological polar surface area (TPSA) is 17.8 Å². The molecule has 1 aromatic carbocycles. The van der Waals surface area contributed by atoms with Crippen molar-refractivity contribution >= 4 is 17.2 Å². The molecule has 0 N–H and O–H groups in total. The number of alkyl halides is 1. The molecule has 3 heteroatoms. The Bertz CT molecular complexity index is 500. The second-order valence-electron chi connectivity index (χ2n) is 3.83. The summed E-state index contributed by atoms with van der Waals surface area (Å²) in [4.78, 5) is 0. The highest BCUT2D eigenvalue weighted by molar-refractivity contribution is 6.17. The van der Waals surface area contributed by atoms with E-state index in [2.05, 4.69) is 18.1 Å². The molecule has 0 saturated heterocycles. The molecule has 0 saturated carbocycles. The fraction of sp³-hybridized carbons (Fsp3) is 0.214. The molecule has 88 valence electrons. The molecule has 0 aliphatic carbocycles. The van der Waals surface area contributed by atoms with Gasteiger partial charge in [-0.05, 0) is 37.1 Å². The molecular formula is C14H15ClN2. The van der Waals surface area contributed by atoms with Crippen LogP contribution in [0.2, 0.25) is 0 Å². The zero-order chi connectivity index (χ0) is 12.1. The monoisotopic (exact) mass is 246 g/mol. The molecule has 2 nitrogen and oxygen atoms in total. The molecule has 1 aromatic heterocycles. The first kappa shape index (κ1) is 11.9. The molecule has 0 spiro atoms. The summed E-state index contributed by atoms with van der Waals surface area (Å²) < 4.78 is 1.94. The summed E-state index contributed by atoms with van der Waals surface area (Å²) in [6.45, 7) is 2.09. The Balaban J connectivity index is 2.35. The van der Waals surface area contributed by atoms with Gasteiger partial charge >= 0.3 is 0 Å². The Kier molecular flexibility index (Phi) is 3.99. The van der Waals surface area contributed by atoms with Gasteiger partial charge in [-0.15, -0.1) is 11.6 Å². The number of nitrogens with zero attached hydrogens (tertiary/aromatic N) is 2. The largest absolute Gasteiger partial charge is 0.233 e. The minimum atomic E-state index is 0.650. The molecule has 2 aromatic rings. The van der Waals surface area contributed by atoms with Crippen LogP contribution in [0.4, 0.5) is 0 Å². The normalized spacial score (nSPS) is 11.8. The lowest BCUT2D eigenvalue weighted by molar-refractivity contribution is 0.865. The Morgan fingerprint density at radius 2 is 2.06 bits per heavy atom. The number of benzene rings is 1. The van der Waals surface area contributed by atoms with Crippen LogP contribution in [0.15, 0.2) is 48.7 Å². The third-order valence-corrected chi connectivity index (χ3v) is 2.83. The second-order valence-corrected chi connectivity index (χ2v) is 4.21. The van der Waals surface area contributed by atoms with E-state index in [0.29, 0.717) is 5.88 Å². The molecule has 0 atom stereocenters. The van der Waals surface area contributed by atoms with Crippen molar-refractivity contribution < 1.29 is 0 Å². The highest BCUT2D eigenvalue weighted by atomic mass is 35.5. The van der Waals surface area contributed by atoms with Crippen molar-refractivity contribution in [3.05, 3.63) is 54.4 Å². The molecule has 0 unspecified atom stereocenters. The molecule has 0 bridgehead atoms. The average molecular weight is 247 g/mol. The Morgan fingerprint density at radius 1 is 1.29 bits per heavy atom. The molecular weight excluding hydrogens is 232 g/mol. The van der Waals surface area contributed by atoms with Crippen molar-refractivity contribution in [1.29, 1.82) is 0 Å². The summed E-state index contributed by atoms with van der Waals surface area (Å²) in [5, 5.41) is 4.36. The Labute approximate surface area is 107 Å². The fourth-order valence-corrected chi connectivity index (χ4v) is 1.86. The van der Waals surface area contributed by atoms with E-state index in [1.807, 2.05) is 47.3 Å². The van der Waals surface area contributed by atoms with Gasteiger partial charge in [0.2, 0.25) is 0 Å². The maximum Gasteiger partial charge on any atom is 0.0694 e. The highest BCUT2D eigenvalue weighted by Crippen LogP contribution is 2.18. The summed E-state index contributed by atoms with van der Waals surface area (Å²) in [7, 11) is 0. The average Bonchev–Trinajstić information content (AvgIpc) is 2.86.